The van der Waals surface area contributed by atoms with Gasteiger partial charge in [-0.25, -0.2) is 0 Å². The van der Waals surface area contributed by atoms with Gasteiger partial charge in [0.25, 0.3) is 0 Å². The van der Waals surface area contributed by atoms with E-state index in [0.717, 1.165) is 15.6 Å². The molecule has 0 radical (unpaired) electrons. The van der Waals surface area contributed by atoms with Gasteiger partial charge in [0.05, 0.1) is 5.92 Å². The van der Waals surface area contributed by atoms with Gasteiger partial charge in [-0.1, -0.05) is 45.8 Å². The first-order chi connectivity index (χ1) is 10.9. The van der Waals surface area contributed by atoms with Crippen molar-refractivity contribution in [2.24, 2.45) is 5.92 Å². The Morgan fingerprint density at radius 2 is 1.70 bits per heavy atom. The average molecular weight is 376 g/mol. The molecule has 2 aromatic carbocycles. The maximum absolute atomic E-state index is 12.1. The molecule has 0 aliphatic rings. The van der Waals surface area contributed by atoms with Crippen LogP contribution in [0.4, 0.5) is 5.69 Å². The van der Waals surface area contributed by atoms with Gasteiger partial charge >= 0.3 is 5.97 Å². The van der Waals surface area contributed by atoms with Crippen LogP contribution in [0, 0.1) is 12.8 Å². The van der Waals surface area contributed by atoms with E-state index in [9.17, 15) is 14.7 Å². The van der Waals surface area contributed by atoms with E-state index in [4.69, 9.17) is 0 Å². The molecule has 0 bridgehead atoms. The zero-order chi connectivity index (χ0) is 16.8. The second-order valence-corrected chi connectivity index (χ2v) is 6.40. The van der Waals surface area contributed by atoms with Crippen molar-refractivity contribution in [2.75, 3.05) is 5.32 Å². The topological polar surface area (TPSA) is 66.4 Å². The molecule has 1 unspecified atom stereocenters. The number of carboxylic acid groups (broad SMARTS) is 1. The first-order valence-electron chi connectivity index (χ1n) is 7.28. The fourth-order valence-corrected chi connectivity index (χ4v) is 2.49. The summed E-state index contributed by atoms with van der Waals surface area (Å²) in [6, 6.07) is 14.8. The highest BCUT2D eigenvalue weighted by molar-refractivity contribution is 9.10. The van der Waals surface area contributed by atoms with Crippen LogP contribution in [0.15, 0.2) is 53.0 Å². The summed E-state index contributed by atoms with van der Waals surface area (Å²) in [4.78, 5) is 23.5. The molecule has 4 nitrogen and oxygen atoms in total. The van der Waals surface area contributed by atoms with Crippen molar-refractivity contribution in [3.05, 3.63) is 64.1 Å². The minimum absolute atomic E-state index is 0.0563. The molecule has 2 N–H and O–H groups in total. The summed E-state index contributed by atoms with van der Waals surface area (Å²) in [5, 5.41) is 12.1. The third-order valence-electron chi connectivity index (χ3n) is 3.51. The Morgan fingerprint density at radius 3 is 2.26 bits per heavy atom. The first kappa shape index (κ1) is 17.2. The molecular formula is C18H18BrNO3. The predicted octanol–water partition coefficient (Wildman–Crippen LogP) is 4.03. The molecule has 0 aliphatic heterocycles. The Balaban J connectivity index is 1.98. The van der Waals surface area contributed by atoms with Gasteiger partial charge in [-0.3, -0.25) is 9.59 Å². The summed E-state index contributed by atoms with van der Waals surface area (Å²) < 4.78 is 0.935. The van der Waals surface area contributed by atoms with E-state index < -0.39 is 11.9 Å². The van der Waals surface area contributed by atoms with E-state index in [0.29, 0.717) is 12.1 Å². The maximum atomic E-state index is 12.1. The van der Waals surface area contributed by atoms with Gasteiger partial charge in [0.15, 0.2) is 0 Å². The number of anilines is 1. The number of amides is 1. The van der Waals surface area contributed by atoms with Gasteiger partial charge in [-0.15, -0.1) is 0 Å². The summed E-state index contributed by atoms with van der Waals surface area (Å²) in [7, 11) is 0. The Bertz CT molecular complexity index is 680. The largest absolute Gasteiger partial charge is 0.481 e. The van der Waals surface area contributed by atoms with E-state index in [1.165, 1.54) is 0 Å². The number of carbonyl (C=O) groups excluding carboxylic acids is 1. The van der Waals surface area contributed by atoms with E-state index >= 15 is 0 Å². The van der Waals surface area contributed by atoms with E-state index in [1.807, 2.05) is 43.3 Å². The molecule has 1 amide bonds. The normalized spacial score (nSPS) is 11.7. The Morgan fingerprint density at radius 1 is 1.09 bits per heavy atom. The predicted molar refractivity (Wildman–Crippen MR) is 93.4 cm³/mol. The highest BCUT2D eigenvalue weighted by Crippen LogP contribution is 2.17. The monoisotopic (exact) mass is 375 g/mol. The lowest BCUT2D eigenvalue weighted by molar-refractivity contribution is -0.143. The zero-order valence-corrected chi connectivity index (χ0v) is 14.3. The fourth-order valence-electron chi connectivity index (χ4n) is 2.22. The van der Waals surface area contributed by atoms with Crippen LogP contribution in [-0.4, -0.2) is 17.0 Å². The Labute approximate surface area is 143 Å². The molecule has 5 heteroatoms. The molecule has 0 spiro atoms. The molecule has 2 rings (SSSR count). The number of rotatable bonds is 6. The molecule has 0 fully saturated rings. The van der Waals surface area contributed by atoms with Crippen molar-refractivity contribution in [1.82, 2.24) is 0 Å². The number of hydrogen-bond acceptors (Lipinski definition) is 2. The number of hydrogen-bond donors (Lipinski definition) is 2. The molecular weight excluding hydrogens is 358 g/mol. The van der Waals surface area contributed by atoms with Crippen molar-refractivity contribution in [2.45, 2.75) is 19.8 Å². The number of halogens is 1. The number of carbonyl (C=O) groups is 2. The quantitative estimate of drug-likeness (QED) is 0.800. The van der Waals surface area contributed by atoms with Crippen LogP contribution < -0.4 is 5.32 Å². The minimum Gasteiger partial charge on any atom is -0.481 e. The van der Waals surface area contributed by atoms with E-state index in [2.05, 4.69) is 21.2 Å². The number of carboxylic acids is 1. The lowest BCUT2D eigenvalue weighted by atomic mass is 9.96. The highest BCUT2D eigenvalue weighted by Gasteiger charge is 2.21. The summed E-state index contributed by atoms with van der Waals surface area (Å²) in [5.41, 5.74) is 2.67. The van der Waals surface area contributed by atoms with Crippen LogP contribution >= 0.6 is 15.9 Å². The van der Waals surface area contributed by atoms with Crippen molar-refractivity contribution in [3.63, 3.8) is 0 Å². The van der Waals surface area contributed by atoms with Crippen LogP contribution in [0.25, 0.3) is 0 Å². The first-order valence-corrected chi connectivity index (χ1v) is 8.07. The van der Waals surface area contributed by atoms with Gasteiger partial charge in [-0.2, -0.15) is 0 Å². The van der Waals surface area contributed by atoms with Gasteiger partial charge in [0.1, 0.15) is 0 Å². The number of aliphatic carboxylic acids is 1. The lowest BCUT2D eigenvalue weighted by Crippen LogP contribution is -2.24. The van der Waals surface area contributed by atoms with Gasteiger partial charge in [0, 0.05) is 16.6 Å². The number of aryl methyl sites for hydroxylation is 1. The average Bonchev–Trinajstić information content (AvgIpc) is 2.51. The Kier molecular flexibility index (Phi) is 5.93. The third-order valence-corrected chi connectivity index (χ3v) is 4.04. The SMILES string of the molecule is Cc1ccc(NC(=O)CC(Cc2ccc(Br)cc2)C(=O)O)cc1. The molecule has 0 saturated heterocycles. The van der Waals surface area contributed by atoms with Crippen LogP contribution in [0.1, 0.15) is 17.5 Å². The highest BCUT2D eigenvalue weighted by atomic mass is 79.9. The van der Waals surface area contributed by atoms with Crippen LogP contribution in [0.2, 0.25) is 0 Å². The molecule has 1 atom stereocenters. The van der Waals surface area contributed by atoms with Gasteiger partial charge in [0.2, 0.25) is 5.91 Å². The molecule has 0 aliphatic carbocycles. The maximum Gasteiger partial charge on any atom is 0.307 e. The van der Waals surface area contributed by atoms with E-state index in [-0.39, 0.29) is 12.3 Å². The van der Waals surface area contributed by atoms with Gasteiger partial charge < -0.3 is 10.4 Å². The number of benzene rings is 2. The molecule has 2 aromatic rings. The fraction of sp³-hybridized carbons (Fsp3) is 0.222. The van der Waals surface area contributed by atoms with Gasteiger partial charge in [-0.05, 0) is 43.2 Å². The second-order valence-electron chi connectivity index (χ2n) is 5.48. The summed E-state index contributed by atoms with van der Waals surface area (Å²) >= 11 is 3.34. The number of nitrogens with one attached hydrogen (secondary N) is 1. The summed E-state index contributed by atoms with van der Waals surface area (Å²) in [6.07, 6.45) is 0.267. The molecule has 23 heavy (non-hydrogen) atoms. The second kappa shape index (κ2) is 7.92. The lowest BCUT2D eigenvalue weighted by Gasteiger charge is -2.13. The Hall–Kier alpha value is -2.14. The van der Waals surface area contributed by atoms with Crippen molar-refractivity contribution >= 4 is 33.5 Å². The standard InChI is InChI=1S/C18H18BrNO3/c1-12-2-8-16(9-3-12)20-17(21)11-14(18(22)23)10-13-4-6-15(19)7-5-13/h2-9,14H,10-11H2,1H3,(H,20,21)(H,22,23). The van der Waals surface area contributed by atoms with Crippen molar-refractivity contribution < 1.29 is 14.7 Å². The summed E-state index contributed by atoms with van der Waals surface area (Å²) in [6.45, 7) is 1.96. The van der Waals surface area contributed by atoms with Crippen molar-refractivity contribution in [3.8, 4) is 0 Å². The minimum atomic E-state index is -0.966. The molecule has 120 valence electrons. The van der Waals surface area contributed by atoms with Crippen LogP contribution in [0.3, 0.4) is 0 Å². The molecule has 0 heterocycles. The molecule has 0 saturated carbocycles. The third kappa shape index (κ3) is 5.53. The van der Waals surface area contributed by atoms with Crippen LogP contribution in [0.5, 0.6) is 0 Å². The van der Waals surface area contributed by atoms with Crippen LogP contribution in [-0.2, 0) is 16.0 Å². The molecule has 0 aromatic heterocycles. The van der Waals surface area contributed by atoms with E-state index in [1.54, 1.807) is 12.1 Å². The summed E-state index contributed by atoms with van der Waals surface area (Å²) in [5.74, 6) is -2.01. The smallest absolute Gasteiger partial charge is 0.307 e. The zero-order valence-electron chi connectivity index (χ0n) is 12.8. The van der Waals surface area contributed by atoms with Crippen molar-refractivity contribution in [1.29, 1.82) is 0 Å².